The van der Waals surface area contributed by atoms with Gasteiger partial charge in [0.15, 0.2) is 0 Å². The lowest BCUT2D eigenvalue weighted by atomic mass is 10.1. The van der Waals surface area contributed by atoms with Gasteiger partial charge in [0.1, 0.15) is 5.58 Å². The third-order valence-corrected chi connectivity index (χ3v) is 3.02. The molecule has 3 heteroatoms. The SMILES string of the molecule is CC.CCN(CC)c1ccc2cc(C)c(=O)oc2c1. The zero-order valence-corrected chi connectivity index (χ0v) is 12.5. The summed E-state index contributed by atoms with van der Waals surface area (Å²) in [4.78, 5) is 13.7. The van der Waals surface area contributed by atoms with Crippen molar-refractivity contribution in [2.24, 2.45) is 0 Å². The third kappa shape index (κ3) is 3.37. The first-order valence-electron chi connectivity index (χ1n) is 6.95. The molecule has 0 aliphatic carbocycles. The minimum absolute atomic E-state index is 0.255. The van der Waals surface area contributed by atoms with Gasteiger partial charge in [-0.25, -0.2) is 4.79 Å². The number of hydrogen-bond donors (Lipinski definition) is 0. The molecule has 0 saturated heterocycles. The highest BCUT2D eigenvalue weighted by Crippen LogP contribution is 2.21. The monoisotopic (exact) mass is 261 g/mol. The quantitative estimate of drug-likeness (QED) is 0.784. The summed E-state index contributed by atoms with van der Waals surface area (Å²) in [5.41, 5.74) is 2.14. The highest BCUT2D eigenvalue weighted by molar-refractivity contribution is 5.81. The molecular formula is C16H23NO2. The summed E-state index contributed by atoms with van der Waals surface area (Å²) in [5.74, 6) is 0. The predicted molar refractivity (Wildman–Crippen MR) is 82.1 cm³/mol. The molecule has 0 unspecified atom stereocenters. The van der Waals surface area contributed by atoms with E-state index in [0.717, 1.165) is 24.2 Å². The second-order valence-electron chi connectivity index (χ2n) is 4.11. The zero-order chi connectivity index (χ0) is 14.4. The van der Waals surface area contributed by atoms with Gasteiger partial charge in [0.25, 0.3) is 0 Å². The lowest BCUT2D eigenvalue weighted by molar-refractivity contribution is 0.555. The van der Waals surface area contributed by atoms with Gasteiger partial charge in [-0.05, 0) is 39.0 Å². The molecule has 19 heavy (non-hydrogen) atoms. The normalized spacial score (nSPS) is 9.95. The zero-order valence-electron chi connectivity index (χ0n) is 12.5. The Labute approximate surface area is 114 Å². The molecule has 0 saturated carbocycles. The van der Waals surface area contributed by atoms with Crippen molar-refractivity contribution in [1.82, 2.24) is 0 Å². The molecule has 0 spiro atoms. The fraction of sp³-hybridized carbons (Fsp3) is 0.438. The first-order valence-corrected chi connectivity index (χ1v) is 6.95. The molecule has 3 nitrogen and oxygen atoms in total. The van der Waals surface area contributed by atoms with Crippen LogP contribution < -0.4 is 10.5 Å². The summed E-state index contributed by atoms with van der Waals surface area (Å²) >= 11 is 0. The molecule has 0 atom stereocenters. The highest BCUT2D eigenvalue weighted by Gasteiger charge is 2.05. The second kappa shape index (κ2) is 6.98. The van der Waals surface area contributed by atoms with Crippen molar-refractivity contribution >= 4 is 16.7 Å². The van der Waals surface area contributed by atoms with Crippen LogP contribution >= 0.6 is 0 Å². The number of rotatable bonds is 3. The van der Waals surface area contributed by atoms with Crippen molar-refractivity contribution < 1.29 is 4.42 Å². The van der Waals surface area contributed by atoms with Crippen LogP contribution in [0.3, 0.4) is 0 Å². The first-order chi connectivity index (χ1) is 9.15. The Morgan fingerprint density at radius 2 is 1.74 bits per heavy atom. The van der Waals surface area contributed by atoms with Crippen molar-refractivity contribution in [1.29, 1.82) is 0 Å². The molecule has 1 aromatic carbocycles. The number of benzene rings is 1. The van der Waals surface area contributed by atoms with Crippen LogP contribution in [-0.2, 0) is 0 Å². The maximum absolute atomic E-state index is 11.5. The first kappa shape index (κ1) is 15.3. The number of anilines is 1. The van der Waals surface area contributed by atoms with E-state index in [9.17, 15) is 4.79 Å². The van der Waals surface area contributed by atoms with Gasteiger partial charge in [0, 0.05) is 35.8 Å². The number of aryl methyl sites for hydroxylation is 1. The lowest BCUT2D eigenvalue weighted by Gasteiger charge is -2.20. The fourth-order valence-electron chi connectivity index (χ4n) is 1.99. The molecule has 104 valence electrons. The van der Waals surface area contributed by atoms with Crippen LogP contribution in [0.15, 0.2) is 33.5 Å². The Bertz CT molecular complexity index is 583. The van der Waals surface area contributed by atoms with Crippen LogP contribution in [0, 0.1) is 6.92 Å². The Morgan fingerprint density at radius 1 is 1.11 bits per heavy atom. The van der Waals surface area contributed by atoms with E-state index in [-0.39, 0.29) is 5.63 Å². The van der Waals surface area contributed by atoms with Crippen molar-refractivity contribution in [2.45, 2.75) is 34.6 Å². The summed E-state index contributed by atoms with van der Waals surface area (Å²) in [6, 6.07) is 7.87. The third-order valence-electron chi connectivity index (χ3n) is 3.02. The van der Waals surface area contributed by atoms with Gasteiger partial charge in [0.2, 0.25) is 0 Å². The summed E-state index contributed by atoms with van der Waals surface area (Å²) in [7, 11) is 0. The van der Waals surface area contributed by atoms with E-state index in [1.54, 1.807) is 6.92 Å². The topological polar surface area (TPSA) is 33.5 Å². The molecule has 1 heterocycles. The molecule has 0 aliphatic rings. The van der Waals surface area contributed by atoms with E-state index in [4.69, 9.17) is 4.42 Å². The van der Waals surface area contributed by atoms with Gasteiger partial charge in [-0.15, -0.1) is 0 Å². The molecule has 0 fully saturated rings. The molecule has 1 aromatic heterocycles. The van der Waals surface area contributed by atoms with Crippen LogP contribution in [-0.4, -0.2) is 13.1 Å². The predicted octanol–water partition coefficient (Wildman–Crippen LogP) is 3.97. The smallest absolute Gasteiger partial charge is 0.339 e. The second-order valence-corrected chi connectivity index (χ2v) is 4.11. The van der Waals surface area contributed by atoms with Gasteiger partial charge in [0.05, 0.1) is 0 Å². The minimum Gasteiger partial charge on any atom is -0.422 e. The van der Waals surface area contributed by atoms with E-state index in [1.807, 2.05) is 32.0 Å². The fourth-order valence-corrected chi connectivity index (χ4v) is 1.99. The lowest BCUT2D eigenvalue weighted by Crippen LogP contribution is -2.21. The van der Waals surface area contributed by atoms with Crippen molar-refractivity contribution in [3.05, 3.63) is 40.2 Å². The summed E-state index contributed by atoms with van der Waals surface area (Å²) in [5, 5.41) is 0.970. The van der Waals surface area contributed by atoms with Gasteiger partial charge in [-0.3, -0.25) is 0 Å². The van der Waals surface area contributed by atoms with Crippen LogP contribution in [0.5, 0.6) is 0 Å². The summed E-state index contributed by atoms with van der Waals surface area (Å²) in [6.07, 6.45) is 0. The molecule has 2 aromatic rings. The standard InChI is InChI=1S/C14H17NO2.C2H6/c1-4-15(5-2)12-7-6-11-8-10(3)14(16)17-13(11)9-12;1-2/h6-9H,4-5H2,1-3H3;1-2H3. The van der Waals surface area contributed by atoms with E-state index in [0.29, 0.717) is 11.1 Å². The molecule has 0 radical (unpaired) electrons. The number of hydrogen-bond acceptors (Lipinski definition) is 3. The highest BCUT2D eigenvalue weighted by atomic mass is 16.4. The maximum Gasteiger partial charge on any atom is 0.339 e. The summed E-state index contributed by atoms with van der Waals surface area (Å²) < 4.78 is 5.29. The largest absolute Gasteiger partial charge is 0.422 e. The van der Waals surface area contributed by atoms with Crippen molar-refractivity contribution in [3.63, 3.8) is 0 Å². The Balaban J connectivity index is 0.000000861. The Morgan fingerprint density at radius 3 is 2.32 bits per heavy atom. The molecular weight excluding hydrogens is 238 g/mol. The van der Waals surface area contributed by atoms with E-state index < -0.39 is 0 Å². The Hall–Kier alpha value is -1.77. The van der Waals surface area contributed by atoms with Gasteiger partial charge < -0.3 is 9.32 Å². The van der Waals surface area contributed by atoms with Crippen LogP contribution in [0.25, 0.3) is 11.0 Å². The average molecular weight is 261 g/mol. The van der Waals surface area contributed by atoms with Crippen LogP contribution in [0.2, 0.25) is 0 Å². The molecule has 0 aliphatic heterocycles. The summed E-state index contributed by atoms with van der Waals surface area (Å²) in [6.45, 7) is 11.9. The van der Waals surface area contributed by atoms with Gasteiger partial charge in [-0.1, -0.05) is 13.8 Å². The van der Waals surface area contributed by atoms with E-state index in [1.165, 1.54) is 0 Å². The van der Waals surface area contributed by atoms with Crippen molar-refractivity contribution in [3.8, 4) is 0 Å². The van der Waals surface area contributed by atoms with Crippen LogP contribution in [0.1, 0.15) is 33.3 Å². The molecule has 2 rings (SSSR count). The van der Waals surface area contributed by atoms with Crippen molar-refractivity contribution in [2.75, 3.05) is 18.0 Å². The van der Waals surface area contributed by atoms with E-state index >= 15 is 0 Å². The minimum atomic E-state index is -0.255. The maximum atomic E-state index is 11.5. The Kier molecular flexibility index (Phi) is 5.61. The molecule has 0 amide bonds. The van der Waals surface area contributed by atoms with E-state index in [2.05, 4.69) is 24.8 Å². The average Bonchev–Trinajstić information content (AvgIpc) is 2.44. The molecule has 0 N–H and O–H groups in total. The number of fused-ring (bicyclic) bond motifs is 1. The van der Waals surface area contributed by atoms with Gasteiger partial charge in [-0.2, -0.15) is 0 Å². The van der Waals surface area contributed by atoms with Crippen LogP contribution in [0.4, 0.5) is 5.69 Å². The molecule has 0 bridgehead atoms. The van der Waals surface area contributed by atoms with Gasteiger partial charge >= 0.3 is 5.63 Å². The number of nitrogens with zero attached hydrogens (tertiary/aromatic N) is 1.